The van der Waals surface area contributed by atoms with Crippen LogP contribution in [0.15, 0.2) is 0 Å². The van der Waals surface area contributed by atoms with Crippen molar-refractivity contribution in [2.75, 3.05) is 19.8 Å². The Hall–Kier alpha value is -0.0200. The molecule has 0 heterocycles. The molecule has 0 atom stereocenters. The molecule has 0 aromatic heterocycles. The van der Waals surface area contributed by atoms with Crippen molar-refractivity contribution in [2.24, 2.45) is 0 Å². The standard InChI is InChI=1S/C7H15O4P/c1-3-10-12(11-4-2)7(9)5-6-8/h8H,3-6H2,1-2H3. The Morgan fingerprint density at radius 2 is 1.83 bits per heavy atom. The quantitative estimate of drug-likeness (QED) is 0.620. The van der Waals surface area contributed by atoms with Crippen LogP contribution in [0, 0.1) is 0 Å². The third kappa shape index (κ3) is 4.78. The molecule has 12 heavy (non-hydrogen) atoms. The van der Waals surface area contributed by atoms with Gasteiger partial charge in [0.05, 0.1) is 19.8 Å². The predicted molar refractivity (Wildman–Crippen MR) is 46.9 cm³/mol. The molecule has 0 aliphatic rings. The van der Waals surface area contributed by atoms with Gasteiger partial charge in [0.2, 0.25) is 13.9 Å². The smallest absolute Gasteiger partial charge is 0.243 e. The van der Waals surface area contributed by atoms with Crippen molar-refractivity contribution in [1.29, 1.82) is 0 Å². The molecule has 0 saturated carbocycles. The minimum absolute atomic E-state index is 0.117. The van der Waals surface area contributed by atoms with Crippen molar-refractivity contribution >= 4 is 13.9 Å². The van der Waals surface area contributed by atoms with E-state index in [1.165, 1.54) is 0 Å². The van der Waals surface area contributed by atoms with Gasteiger partial charge in [-0.3, -0.25) is 4.79 Å². The lowest BCUT2D eigenvalue weighted by Crippen LogP contribution is -2.04. The van der Waals surface area contributed by atoms with Crippen molar-refractivity contribution in [1.82, 2.24) is 0 Å². The van der Waals surface area contributed by atoms with Crippen LogP contribution in [0.2, 0.25) is 0 Å². The summed E-state index contributed by atoms with van der Waals surface area (Å²) in [6, 6.07) is 0. The van der Waals surface area contributed by atoms with Gasteiger partial charge in [0.15, 0.2) is 0 Å². The van der Waals surface area contributed by atoms with Crippen LogP contribution in [-0.2, 0) is 13.8 Å². The van der Waals surface area contributed by atoms with Gasteiger partial charge in [-0.2, -0.15) is 0 Å². The minimum Gasteiger partial charge on any atom is -0.396 e. The topological polar surface area (TPSA) is 55.8 Å². The summed E-state index contributed by atoms with van der Waals surface area (Å²) in [6.07, 6.45) is 0.117. The van der Waals surface area contributed by atoms with E-state index in [4.69, 9.17) is 14.2 Å². The molecule has 0 spiro atoms. The van der Waals surface area contributed by atoms with Gasteiger partial charge in [0, 0.05) is 6.42 Å². The average Bonchev–Trinajstić information content (AvgIpc) is 2.04. The number of aliphatic hydroxyl groups excluding tert-OH is 1. The van der Waals surface area contributed by atoms with Crippen molar-refractivity contribution in [2.45, 2.75) is 20.3 Å². The first-order chi connectivity index (χ1) is 5.76. The highest BCUT2D eigenvalue weighted by molar-refractivity contribution is 7.66. The van der Waals surface area contributed by atoms with E-state index < -0.39 is 8.38 Å². The molecule has 0 bridgehead atoms. The zero-order valence-electron chi connectivity index (χ0n) is 7.45. The summed E-state index contributed by atoms with van der Waals surface area (Å²) in [7, 11) is -1.43. The fourth-order valence-corrected chi connectivity index (χ4v) is 1.72. The number of carbonyl (C=O) groups is 1. The van der Waals surface area contributed by atoms with Crippen LogP contribution < -0.4 is 0 Å². The van der Waals surface area contributed by atoms with Crippen LogP contribution in [0.1, 0.15) is 20.3 Å². The second kappa shape index (κ2) is 7.62. The summed E-state index contributed by atoms with van der Waals surface area (Å²) in [4.78, 5) is 11.1. The maximum atomic E-state index is 11.1. The van der Waals surface area contributed by atoms with Gasteiger partial charge in [0.25, 0.3) is 0 Å². The Bertz CT molecular complexity index is 123. The van der Waals surface area contributed by atoms with Crippen LogP contribution >= 0.6 is 8.38 Å². The van der Waals surface area contributed by atoms with Gasteiger partial charge < -0.3 is 14.2 Å². The lowest BCUT2D eigenvalue weighted by molar-refractivity contribution is -0.113. The third-order valence-corrected chi connectivity index (χ3v) is 2.64. The van der Waals surface area contributed by atoms with Crippen LogP contribution in [0.5, 0.6) is 0 Å². The first kappa shape index (κ1) is 12.0. The monoisotopic (exact) mass is 194 g/mol. The Kier molecular flexibility index (Phi) is 7.61. The van der Waals surface area contributed by atoms with Gasteiger partial charge in [-0.25, -0.2) is 0 Å². The number of hydrogen-bond acceptors (Lipinski definition) is 4. The van der Waals surface area contributed by atoms with E-state index in [1.807, 2.05) is 0 Å². The van der Waals surface area contributed by atoms with Crippen LogP contribution in [0.4, 0.5) is 0 Å². The summed E-state index contributed by atoms with van der Waals surface area (Å²) in [5.74, 6) is 0. The highest BCUT2D eigenvalue weighted by Crippen LogP contribution is 2.39. The molecule has 0 saturated heterocycles. The van der Waals surface area contributed by atoms with E-state index in [0.717, 1.165) is 0 Å². The fourth-order valence-electron chi connectivity index (χ4n) is 0.603. The Morgan fingerprint density at radius 3 is 2.17 bits per heavy atom. The largest absolute Gasteiger partial charge is 0.396 e. The maximum Gasteiger partial charge on any atom is 0.243 e. The van der Waals surface area contributed by atoms with Gasteiger partial charge in [0.1, 0.15) is 0 Å². The minimum atomic E-state index is -1.43. The molecule has 0 radical (unpaired) electrons. The summed E-state index contributed by atoms with van der Waals surface area (Å²) in [5, 5.41) is 8.50. The van der Waals surface area contributed by atoms with Crippen molar-refractivity contribution in [3.8, 4) is 0 Å². The first-order valence-corrected chi connectivity index (χ1v) is 5.13. The SMILES string of the molecule is CCOP(OCC)C(=O)CCO. The molecule has 0 aliphatic carbocycles. The van der Waals surface area contributed by atoms with Crippen molar-refractivity contribution in [3.05, 3.63) is 0 Å². The predicted octanol–water partition coefficient (Wildman–Crippen LogP) is 1.28. The van der Waals surface area contributed by atoms with Gasteiger partial charge >= 0.3 is 0 Å². The van der Waals surface area contributed by atoms with E-state index in [0.29, 0.717) is 13.2 Å². The second-order valence-electron chi connectivity index (χ2n) is 1.96. The number of rotatable bonds is 7. The zero-order valence-corrected chi connectivity index (χ0v) is 8.34. The molecule has 4 nitrogen and oxygen atoms in total. The summed E-state index contributed by atoms with van der Waals surface area (Å²) in [6.45, 7) is 4.39. The highest BCUT2D eigenvalue weighted by atomic mass is 31.2. The summed E-state index contributed by atoms with van der Waals surface area (Å²) in [5.41, 5.74) is -0.142. The average molecular weight is 194 g/mol. The Morgan fingerprint density at radius 1 is 1.33 bits per heavy atom. The number of aliphatic hydroxyl groups is 1. The molecule has 0 amide bonds. The molecule has 0 fully saturated rings. The van der Waals surface area contributed by atoms with E-state index in [1.54, 1.807) is 13.8 Å². The van der Waals surface area contributed by atoms with Crippen LogP contribution in [-0.4, -0.2) is 30.5 Å². The zero-order chi connectivity index (χ0) is 9.40. The highest BCUT2D eigenvalue weighted by Gasteiger charge is 2.18. The first-order valence-electron chi connectivity index (χ1n) is 3.95. The molecular formula is C7H15O4P. The molecule has 0 rings (SSSR count). The van der Waals surface area contributed by atoms with E-state index in [9.17, 15) is 4.79 Å². The molecule has 0 aliphatic heterocycles. The molecule has 72 valence electrons. The Balaban J connectivity index is 3.81. The maximum absolute atomic E-state index is 11.1. The van der Waals surface area contributed by atoms with Crippen LogP contribution in [0.25, 0.3) is 0 Å². The molecule has 0 unspecified atom stereocenters. The van der Waals surface area contributed by atoms with Crippen LogP contribution in [0.3, 0.4) is 0 Å². The van der Waals surface area contributed by atoms with E-state index in [2.05, 4.69) is 0 Å². The molecule has 0 aromatic carbocycles. The van der Waals surface area contributed by atoms with Crippen molar-refractivity contribution < 1.29 is 18.9 Å². The normalized spacial score (nSPS) is 10.7. The Labute approximate surface area is 73.8 Å². The number of hydrogen-bond donors (Lipinski definition) is 1. The van der Waals surface area contributed by atoms with E-state index >= 15 is 0 Å². The molecule has 5 heteroatoms. The van der Waals surface area contributed by atoms with Gasteiger partial charge in [-0.1, -0.05) is 0 Å². The molecule has 0 aromatic rings. The lowest BCUT2D eigenvalue weighted by atomic mass is 10.5. The summed E-state index contributed by atoms with van der Waals surface area (Å²) >= 11 is 0. The van der Waals surface area contributed by atoms with Gasteiger partial charge in [-0.15, -0.1) is 0 Å². The van der Waals surface area contributed by atoms with Gasteiger partial charge in [-0.05, 0) is 13.8 Å². The lowest BCUT2D eigenvalue weighted by Gasteiger charge is -2.12. The van der Waals surface area contributed by atoms with Crippen molar-refractivity contribution in [3.63, 3.8) is 0 Å². The number of carbonyl (C=O) groups excluding carboxylic acids is 1. The second-order valence-corrected chi connectivity index (χ2v) is 3.49. The van der Waals surface area contributed by atoms with E-state index in [-0.39, 0.29) is 18.6 Å². The molecule has 1 N–H and O–H groups in total. The summed E-state index contributed by atoms with van der Waals surface area (Å²) < 4.78 is 10.2. The molecular weight excluding hydrogens is 179 g/mol. The third-order valence-electron chi connectivity index (χ3n) is 1.02. The fraction of sp³-hybridized carbons (Fsp3) is 0.857.